The lowest BCUT2D eigenvalue weighted by Crippen LogP contribution is -2.28. The molecule has 0 radical (unpaired) electrons. The fourth-order valence-electron chi connectivity index (χ4n) is 2.61. The Morgan fingerprint density at radius 2 is 2.25 bits per heavy atom. The molecule has 1 aromatic heterocycles. The van der Waals surface area contributed by atoms with E-state index in [-0.39, 0.29) is 11.9 Å². The van der Waals surface area contributed by atoms with Crippen molar-refractivity contribution >= 4 is 22.9 Å². The summed E-state index contributed by atoms with van der Waals surface area (Å²) < 4.78 is 0. The minimum absolute atomic E-state index is 0.0199. The highest BCUT2D eigenvalue weighted by Gasteiger charge is 2.19. The Kier molecular flexibility index (Phi) is 3.74. The number of rotatable bonds is 3. The molecule has 4 heteroatoms. The predicted octanol–water partition coefficient (Wildman–Crippen LogP) is 3.60. The summed E-state index contributed by atoms with van der Waals surface area (Å²) in [5.74, 6) is 0.0199. The van der Waals surface area contributed by atoms with E-state index in [0.29, 0.717) is 0 Å². The molecular formula is C16H18N2OS. The maximum atomic E-state index is 12.5. The molecule has 3 rings (SSSR count). The highest BCUT2D eigenvalue weighted by Crippen LogP contribution is 2.26. The predicted molar refractivity (Wildman–Crippen MR) is 83.5 cm³/mol. The van der Waals surface area contributed by atoms with Gasteiger partial charge in [0, 0.05) is 22.7 Å². The molecule has 1 aliphatic rings. The Balaban J connectivity index is 1.81. The van der Waals surface area contributed by atoms with Gasteiger partial charge in [-0.15, -0.1) is 11.3 Å². The highest BCUT2D eigenvalue weighted by molar-refractivity contribution is 7.10. The van der Waals surface area contributed by atoms with Crippen LogP contribution in [0.3, 0.4) is 0 Å². The normalized spacial score (nSPS) is 15.1. The van der Waals surface area contributed by atoms with Crippen molar-refractivity contribution in [3.05, 3.63) is 51.7 Å². The summed E-state index contributed by atoms with van der Waals surface area (Å²) in [7, 11) is 0. The fraction of sp³-hybridized carbons (Fsp3) is 0.312. The molecule has 2 heterocycles. The number of fused-ring (bicyclic) bond motifs is 1. The minimum Gasteiger partial charge on any atom is -0.385 e. The van der Waals surface area contributed by atoms with Crippen molar-refractivity contribution in [2.45, 2.75) is 25.8 Å². The molecule has 0 unspecified atom stereocenters. The minimum atomic E-state index is 0.0199. The quantitative estimate of drug-likeness (QED) is 0.905. The average Bonchev–Trinajstić information content (AvgIpc) is 3.01. The first kappa shape index (κ1) is 13.2. The lowest BCUT2D eigenvalue weighted by molar-refractivity contribution is 0.0939. The average molecular weight is 286 g/mol. The second-order valence-corrected chi connectivity index (χ2v) is 6.05. The number of hydrogen-bond acceptors (Lipinski definition) is 3. The Morgan fingerprint density at radius 1 is 1.35 bits per heavy atom. The summed E-state index contributed by atoms with van der Waals surface area (Å²) >= 11 is 1.67. The van der Waals surface area contributed by atoms with Crippen LogP contribution in [0.1, 0.15) is 40.2 Å². The van der Waals surface area contributed by atoms with Gasteiger partial charge in [-0.1, -0.05) is 12.1 Å². The van der Waals surface area contributed by atoms with Crippen LogP contribution in [0.5, 0.6) is 0 Å². The van der Waals surface area contributed by atoms with Crippen molar-refractivity contribution in [2.75, 3.05) is 11.9 Å². The van der Waals surface area contributed by atoms with Gasteiger partial charge in [-0.2, -0.15) is 0 Å². The Labute approximate surface area is 123 Å². The van der Waals surface area contributed by atoms with Crippen molar-refractivity contribution in [1.29, 1.82) is 0 Å². The molecule has 0 fully saturated rings. The summed E-state index contributed by atoms with van der Waals surface area (Å²) in [6.07, 6.45) is 2.05. The lowest BCUT2D eigenvalue weighted by atomic mass is 9.97. The summed E-state index contributed by atoms with van der Waals surface area (Å²) in [4.78, 5) is 13.7. The van der Waals surface area contributed by atoms with Gasteiger partial charge in [0.1, 0.15) is 0 Å². The van der Waals surface area contributed by atoms with E-state index in [9.17, 15) is 4.79 Å². The number of amides is 1. The topological polar surface area (TPSA) is 41.1 Å². The van der Waals surface area contributed by atoms with Crippen LogP contribution < -0.4 is 10.6 Å². The van der Waals surface area contributed by atoms with E-state index in [1.807, 2.05) is 36.6 Å². The zero-order valence-electron chi connectivity index (χ0n) is 11.5. The second-order valence-electron chi connectivity index (χ2n) is 5.07. The van der Waals surface area contributed by atoms with Crippen molar-refractivity contribution in [1.82, 2.24) is 5.32 Å². The van der Waals surface area contributed by atoms with Crippen LogP contribution in [-0.4, -0.2) is 12.5 Å². The molecule has 0 saturated carbocycles. The number of hydrogen-bond donors (Lipinski definition) is 2. The van der Waals surface area contributed by atoms with Crippen LogP contribution >= 0.6 is 11.3 Å². The van der Waals surface area contributed by atoms with E-state index in [4.69, 9.17) is 0 Å². The van der Waals surface area contributed by atoms with E-state index in [2.05, 4.69) is 16.7 Å². The van der Waals surface area contributed by atoms with Gasteiger partial charge in [0.25, 0.3) is 5.91 Å². The first-order valence-electron chi connectivity index (χ1n) is 6.96. The first-order chi connectivity index (χ1) is 9.75. The Hall–Kier alpha value is -1.81. The maximum absolute atomic E-state index is 12.5. The van der Waals surface area contributed by atoms with Crippen LogP contribution in [0.2, 0.25) is 0 Å². The van der Waals surface area contributed by atoms with Crippen LogP contribution in [0, 0.1) is 0 Å². The van der Waals surface area contributed by atoms with E-state index < -0.39 is 0 Å². The van der Waals surface area contributed by atoms with Crippen molar-refractivity contribution in [3.63, 3.8) is 0 Å². The lowest BCUT2D eigenvalue weighted by Gasteiger charge is -2.21. The third-order valence-electron chi connectivity index (χ3n) is 3.66. The van der Waals surface area contributed by atoms with Gasteiger partial charge in [0.2, 0.25) is 0 Å². The SMILES string of the molecule is C[C@@H](NC(=O)c1cccc2c1CCCN2)c1cccs1. The Morgan fingerprint density at radius 3 is 3.05 bits per heavy atom. The highest BCUT2D eigenvalue weighted by atomic mass is 32.1. The third-order valence-corrected chi connectivity index (χ3v) is 4.71. The number of anilines is 1. The third kappa shape index (κ3) is 2.56. The molecule has 0 aliphatic carbocycles. The second kappa shape index (κ2) is 5.67. The summed E-state index contributed by atoms with van der Waals surface area (Å²) in [6, 6.07) is 10.0. The number of carbonyl (C=O) groups excluding carboxylic acids is 1. The first-order valence-corrected chi connectivity index (χ1v) is 7.83. The van der Waals surface area contributed by atoms with Gasteiger partial charge in [-0.05, 0) is 48.9 Å². The van der Waals surface area contributed by atoms with Gasteiger partial charge >= 0.3 is 0 Å². The van der Waals surface area contributed by atoms with Crippen LogP contribution in [0.15, 0.2) is 35.7 Å². The monoisotopic (exact) mass is 286 g/mol. The Bertz CT molecular complexity index is 607. The molecule has 0 saturated heterocycles. The molecule has 1 aromatic carbocycles. The standard InChI is InChI=1S/C16H18N2OS/c1-11(15-8-4-10-20-15)18-16(19)13-5-2-7-14-12(13)6-3-9-17-14/h2,4-5,7-8,10-11,17H,3,6,9H2,1H3,(H,18,19)/t11-/m1/s1. The van der Waals surface area contributed by atoms with E-state index in [1.54, 1.807) is 11.3 Å². The van der Waals surface area contributed by atoms with Crippen LogP contribution in [0.4, 0.5) is 5.69 Å². The van der Waals surface area contributed by atoms with Crippen molar-refractivity contribution < 1.29 is 4.79 Å². The zero-order valence-corrected chi connectivity index (χ0v) is 12.3. The molecule has 104 valence electrons. The number of thiophene rings is 1. The zero-order chi connectivity index (χ0) is 13.9. The molecular weight excluding hydrogens is 268 g/mol. The molecule has 0 spiro atoms. The molecule has 2 aromatic rings. The van der Waals surface area contributed by atoms with Gasteiger partial charge in [-0.3, -0.25) is 4.79 Å². The largest absolute Gasteiger partial charge is 0.385 e. The molecule has 1 aliphatic heterocycles. The summed E-state index contributed by atoms with van der Waals surface area (Å²) in [5.41, 5.74) is 3.06. The molecule has 2 N–H and O–H groups in total. The molecule has 0 bridgehead atoms. The van der Waals surface area contributed by atoms with Crippen LogP contribution in [0.25, 0.3) is 0 Å². The molecule has 1 amide bonds. The fourth-order valence-corrected chi connectivity index (χ4v) is 3.34. The number of benzene rings is 1. The smallest absolute Gasteiger partial charge is 0.252 e. The molecule has 3 nitrogen and oxygen atoms in total. The number of carbonyl (C=O) groups is 1. The van der Waals surface area contributed by atoms with E-state index in [1.165, 1.54) is 4.88 Å². The summed E-state index contributed by atoms with van der Waals surface area (Å²) in [5, 5.41) is 8.49. The van der Waals surface area contributed by atoms with Gasteiger partial charge in [0.15, 0.2) is 0 Å². The molecule has 20 heavy (non-hydrogen) atoms. The molecule has 1 atom stereocenters. The maximum Gasteiger partial charge on any atom is 0.252 e. The van der Waals surface area contributed by atoms with Gasteiger partial charge < -0.3 is 10.6 Å². The number of nitrogens with one attached hydrogen (secondary N) is 2. The summed E-state index contributed by atoms with van der Waals surface area (Å²) in [6.45, 7) is 3.01. The van der Waals surface area contributed by atoms with Crippen molar-refractivity contribution in [2.24, 2.45) is 0 Å². The van der Waals surface area contributed by atoms with Crippen LogP contribution in [-0.2, 0) is 6.42 Å². The van der Waals surface area contributed by atoms with Gasteiger partial charge in [0.05, 0.1) is 6.04 Å². The van der Waals surface area contributed by atoms with E-state index >= 15 is 0 Å². The van der Waals surface area contributed by atoms with E-state index in [0.717, 1.165) is 36.2 Å². The van der Waals surface area contributed by atoms with Gasteiger partial charge in [-0.25, -0.2) is 0 Å². The van der Waals surface area contributed by atoms with Crippen molar-refractivity contribution in [3.8, 4) is 0 Å².